The summed E-state index contributed by atoms with van der Waals surface area (Å²) >= 11 is 1.53. The van der Waals surface area contributed by atoms with Gasteiger partial charge in [-0.1, -0.05) is 6.07 Å². The van der Waals surface area contributed by atoms with E-state index in [1.807, 2.05) is 13.2 Å². The highest BCUT2D eigenvalue weighted by Gasteiger charge is 2.08. The first-order valence-corrected chi connectivity index (χ1v) is 7.19. The fourth-order valence-electron chi connectivity index (χ4n) is 1.70. The SMILES string of the molecule is COCCNCc1cnc(Sc2ncnn2C)c(C)c1. The zero-order chi connectivity index (χ0) is 14.4. The molecule has 2 aromatic rings. The van der Waals surface area contributed by atoms with Gasteiger partial charge >= 0.3 is 0 Å². The molecular weight excluding hydrogens is 274 g/mol. The van der Waals surface area contributed by atoms with Crippen LogP contribution in [-0.2, 0) is 18.3 Å². The standard InChI is InChI=1S/C13H19N5OS/c1-10-6-11(7-14-4-5-19-3)8-15-12(10)20-13-16-9-17-18(13)2/h6,8-9,14H,4-5,7H2,1-3H3. The van der Waals surface area contributed by atoms with E-state index in [-0.39, 0.29) is 0 Å². The average molecular weight is 293 g/mol. The lowest BCUT2D eigenvalue weighted by atomic mass is 10.2. The third-order valence-corrected chi connectivity index (χ3v) is 3.93. The van der Waals surface area contributed by atoms with Crippen molar-refractivity contribution >= 4 is 11.8 Å². The second-order valence-electron chi connectivity index (χ2n) is 4.40. The van der Waals surface area contributed by atoms with Crippen LogP contribution in [0.4, 0.5) is 0 Å². The second-order valence-corrected chi connectivity index (χ2v) is 5.36. The molecule has 7 heteroatoms. The molecule has 0 aliphatic heterocycles. The number of methoxy groups -OCH3 is 1. The van der Waals surface area contributed by atoms with Gasteiger partial charge in [0.1, 0.15) is 11.4 Å². The molecule has 0 radical (unpaired) electrons. The van der Waals surface area contributed by atoms with Crippen molar-refractivity contribution in [2.75, 3.05) is 20.3 Å². The molecular formula is C13H19N5OS. The number of pyridine rings is 1. The number of aromatic nitrogens is 4. The van der Waals surface area contributed by atoms with Gasteiger partial charge in [-0.05, 0) is 29.8 Å². The van der Waals surface area contributed by atoms with Crippen LogP contribution in [0.15, 0.2) is 28.8 Å². The van der Waals surface area contributed by atoms with Gasteiger partial charge in [0.2, 0.25) is 0 Å². The summed E-state index contributed by atoms with van der Waals surface area (Å²) in [5, 5.41) is 9.16. The van der Waals surface area contributed by atoms with Gasteiger partial charge in [0.05, 0.1) is 6.61 Å². The summed E-state index contributed by atoms with van der Waals surface area (Å²) in [7, 11) is 3.57. The van der Waals surface area contributed by atoms with Gasteiger partial charge in [-0.2, -0.15) is 5.10 Å². The van der Waals surface area contributed by atoms with Crippen molar-refractivity contribution in [1.82, 2.24) is 25.1 Å². The van der Waals surface area contributed by atoms with Gasteiger partial charge in [0.25, 0.3) is 0 Å². The zero-order valence-corrected chi connectivity index (χ0v) is 12.8. The Bertz CT molecular complexity index is 557. The molecule has 0 aliphatic rings. The van der Waals surface area contributed by atoms with Crippen molar-refractivity contribution in [2.45, 2.75) is 23.7 Å². The van der Waals surface area contributed by atoms with Gasteiger partial charge < -0.3 is 10.1 Å². The maximum absolute atomic E-state index is 5.00. The van der Waals surface area contributed by atoms with Crippen LogP contribution in [0.5, 0.6) is 0 Å². The highest BCUT2D eigenvalue weighted by atomic mass is 32.2. The highest BCUT2D eigenvalue weighted by Crippen LogP contribution is 2.26. The maximum atomic E-state index is 5.00. The largest absolute Gasteiger partial charge is 0.383 e. The molecule has 0 spiro atoms. The molecule has 108 valence electrons. The summed E-state index contributed by atoms with van der Waals surface area (Å²) < 4.78 is 6.74. The molecule has 0 bridgehead atoms. The smallest absolute Gasteiger partial charge is 0.192 e. The van der Waals surface area contributed by atoms with Gasteiger partial charge in [-0.25, -0.2) is 14.6 Å². The van der Waals surface area contributed by atoms with E-state index in [1.54, 1.807) is 18.1 Å². The molecule has 20 heavy (non-hydrogen) atoms. The van der Waals surface area contributed by atoms with Crippen molar-refractivity contribution in [3.05, 3.63) is 29.7 Å². The lowest BCUT2D eigenvalue weighted by Gasteiger charge is -2.08. The van der Waals surface area contributed by atoms with Crippen molar-refractivity contribution in [3.63, 3.8) is 0 Å². The molecule has 0 fully saturated rings. The number of nitrogens with zero attached hydrogens (tertiary/aromatic N) is 4. The van der Waals surface area contributed by atoms with E-state index in [4.69, 9.17) is 4.74 Å². The maximum Gasteiger partial charge on any atom is 0.192 e. The molecule has 0 atom stereocenters. The van der Waals surface area contributed by atoms with Crippen LogP contribution in [0.1, 0.15) is 11.1 Å². The normalized spacial score (nSPS) is 10.9. The number of hydrogen-bond acceptors (Lipinski definition) is 6. The molecule has 0 saturated carbocycles. The minimum Gasteiger partial charge on any atom is -0.383 e. The Balaban J connectivity index is 1.97. The molecule has 0 aromatic carbocycles. The quantitative estimate of drug-likeness (QED) is 0.779. The first kappa shape index (κ1) is 15.0. The van der Waals surface area contributed by atoms with Gasteiger partial charge in [-0.15, -0.1) is 0 Å². The minimum atomic E-state index is 0.715. The lowest BCUT2D eigenvalue weighted by molar-refractivity contribution is 0.199. The number of nitrogens with one attached hydrogen (secondary N) is 1. The van der Waals surface area contributed by atoms with Crippen LogP contribution in [0, 0.1) is 6.92 Å². The summed E-state index contributed by atoms with van der Waals surface area (Å²) in [6, 6.07) is 2.14. The Morgan fingerprint density at radius 2 is 2.25 bits per heavy atom. The van der Waals surface area contributed by atoms with Gasteiger partial charge in [-0.3, -0.25) is 0 Å². The summed E-state index contributed by atoms with van der Waals surface area (Å²) in [5.74, 6) is 0. The Labute approximate surface area is 123 Å². The monoisotopic (exact) mass is 293 g/mol. The summed E-state index contributed by atoms with van der Waals surface area (Å²) in [5.41, 5.74) is 2.31. The Morgan fingerprint density at radius 3 is 2.90 bits per heavy atom. The predicted octanol–water partition coefficient (Wildman–Crippen LogP) is 1.41. The molecule has 2 rings (SSSR count). The van der Waals surface area contributed by atoms with Crippen molar-refractivity contribution in [2.24, 2.45) is 7.05 Å². The van der Waals surface area contributed by atoms with Crippen LogP contribution < -0.4 is 5.32 Å². The lowest BCUT2D eigenvalue weighted by Crippen LogP contribution is -2.18. The van der Waals surface area contributed by atoms with Crippen molar-refractivity contribution in [1.29, 1.82) is 0 Å². The number of rotatable bonds is 7. The number of aryl methyl sites for hydroxylation is 2. The Hall–Kier alpha value is -1.44. The van der Waals surface area contributed by atoms with Crippen LogP contribution >= 0.6 is 11.8 Å². The van der Waals surface area contributed by atoms with Crippen LogP contribution in [-0.4, -0.2) is 40.0 Å². The Morgan fingerprint density at radius 1 is 1.40 bits per heavy atom. The fraction of sp³-hybridized carbons (Fsp3) is 0.462. The molecule has 0 saturated heterocycles. The Kier molecular flexibility index (Phi) is 5.51. The van der Waals surface area contributed by atoms with Crippen LogP contribution in [0.25, 0.3) is 0 Å². The molecule has 6 nitrogen and oxygen atoms in total. The minimum absolute atomic E-state index is 0.715. The topological polar surface area (TPSA) is 64.9 Å². The first-order chi connectivity index (χ1) is 9.70. The molecule has 2 aromatic heterocycles. The average Bonchev–Trinajstić information content (AvgIpc) is 2.83. The summed E-state index contributed by atoms with van der Waals surface area (Å²) in [6.07, 6.45) is 3.44. The molecule has 2 heterocycles. The number of ether oxygens (including phenoxy) is 1. The van der Waals surface area contributed by atoms with E-state index in [9.17, 15) is 0 Å². The van der Waals surface area contributed by atoms with E-state index < -0.39 is 0 Å². The summed E-state index contributed by atoms with van der Waals surface area (Å²) in [4.78, 5) is 8.70. The number of hydrogen-bond donors (Lipinski definition) is 1. The molecule has 0 unspecified atom stereocenters. The third kappa shape index (κ3) is 4.03. The predicted molar refractivity (Wildman–Crippen MR) is 77.7 cm³/mol. The van der Waals surface area contributed by atoms with Gasteiger partial charge in [0, 0.05) is 33.4 Å². The zero-order valence-electron chi connectivity index (χ0n) is 12.0. The molecule has 0 amide bonds. The van der Waals surface area contributed by atoms with Crippen molar-refractivity contribution in [3.8, 4) is 0 Å². The van der Waals surface area contributed by atoms with E-state index in [0.717, 1.165) is 28.8 Å². The van der Waals surface area contributed by atoms with Gasteiger partial charge in [0.15, 0.2) is 5.16 Å². The summed E-state index contributed by atoms with van der Waals surface area (Å²) in [6.45, 7) is 4.41. The highest BCUT2D eigenvalue weighted by molar-refractivity contribution is 7.99. The van der Waals surface area contributed by atoms with Crippen LogP contribution in [0.2, 0.25) is 0 Å². The van der Waals surface area contributed by atoms with E-state index in [1.165, 1.54) is 17.3 Å². The third-order valence-electron chi connectivity index (χ3n) is 2.76. The molecule has 1 N–H and O–H groups in total. The van der Waals surface area contributed by atoms with E-state index in [2.05, 4.69) is 33.4 Å². The van der Waals surface area contributed by atoms with Crippen molar-refractivity contribution < 1.29 is 4.74 Å². The van der Waals surface area contributed by atoms with Crippen LogP contribution in [0.3, 0.4) is 0 Å². The first-order valence-electron chi connectivity index (χ1n) is 6.37. The molecule has 0 aliphatic carbocycles. The van der Waals surface area contributed by atoms with E-state index >= 15 is 0 Å². The van der Waals surface area contributed by atoms with E-state index in [0.29, 0.717) is 6.61 Å². The fourth-order valence-corrected chi connectivity index (χ4v) is 2.47. The second kappa shape index (κ2) is 7.37.